The van der Waals surface area contributed by atoms with Crippen molar-refractivity contribution in [2.75, 3.05) is 19.4 Å². The molecule has 0 saturated heterocycles. The minimum Gasteiger partial charge on any atom is -0.493 e. The van der Waals surface area contributed by atoms with Crippen molar-refractivity contribution in [3.8, 4) is 5.75 Å². The van der Waals surface area contributed by atoms with Crippen molar-refractivity contribution in [1.29, 1.82) is 0 Å². The molecule has 4 heteroatoms. The van der Waals surface area contributed by atoms with Crippen LogP contribution in [0.1, 0.15) is 31.4 Å². The molecule has 0 aromatic heterocycles. The molecule has 1 aliphatic rings. The Balaban J connectivity index is 2.04. The first-order chi connectivity index (χ1) is 9.63. The average Bonchev–Trinajstić information content (AvgIpc) is 2.90. The summed E-state index contributed by atoms with van der Waals surface area (Å²) >= 11 is 5.67. The van der Waals surface area contributed by atoms with E-state index in [1.807, 2.05) is 0 Å². The fourth-order valence-corrected chi connectivity index (χ4v) is 4.04. The molecule has 20 heavy (non-hydrogen) atoms. The molecule has 2 unspecified atom stereocenters. The molecule has 0 saturated carbocycles. The Labute approximate surface area is 135 Å². The second-order valence-corrected chi connectivity index (χ2v) is 7.78. The second-order valence-electron chi connectivity index (χ2n) is 5.39. The highest BCUT2D eigenvalue weighted by atomic mass is 79.9. The van der Waals surface area contributed by atoms with Crippen molar-refractivity contribution in [2.24, 2.45) is 0 Å². The van der Waals surface area contributed by atoms with Gasteiger partial charge in [0, 0.05) is 27.9 Å². The first-order valence-electron chi connectivity index (χ1n) is 7.37. The summed E-state index contributed by atoms with van der Waals surface area (Å²) in [6, 6.07) is 4.90. The molecule has 0 radical (unpaired) electrons. The number of likely N-dealkylation sites (N-methyl/N-ethyl adjacent to an activating group) is 1. The molecule has 0 fully saturated rings. The van der Waals surface area contributed by atoms with Crippen molar-refractivity contribution in [3.05, 3.63) is 27.7 Å². The van der Waals surface area contributed by atoms with Crippen LogP contribution in [-0.2, 0) is 12.8 Å². The molecule has 1 heterocycles. The van der Waals surface area contributed by atoms with Gasteiger partial charge in [0.1, 0.15) is 5.75 Å². The normalized spacial score (nSPS) is 16.6. The van der Waals surface area contributed by atoms with Crippen LogP contribution < -0.4 is 10.1 Å². The lowest BCUT2D eigenvalue weighted by atomic mass is 10.0. The average molecular weight is 358 g/mol. The number of hydrogen-bond donors (Lipinski definition) is 1. The lowest BCUT2D eigenvalue weighted by Crippen LogP contribution is -2.30. The Morgan fingerprint density at radius 1 is 1.45 bits per heavy atom. The molecule has 0 spiro atoms. The van der Waals surface area contributed by atoms with Gasteiger partial charge in [-0.2, -0.15) is 11.8 Å². The van der Waals surface area contributed by atoms with Crippen LogP contribution in [0, 0.1) is 0 Å². The van der Waals surface area contributed by atoms with Gasteiger partial charge in [0.25, 0.3) is 0 Å². The minimum absolute atomic E-state index is 0.497. The number of nitrogens with one attached hydrogen (secondary N) is 1. The van der Waals surface area contributed by atoms with Crippen LogP contribution in [0.5, 0.6) is 5.75 Å². The van der Waals surface area contributed by atoms with Crippen LogP contribution in [0.4, 0.5) is 0 Å². The number of rotatable bonds is 7. The number of benzene rings is 1. The van der Waals surface area contributed by atoms with E-state index in [0.717, 1.165) is 36.2 Å². The largest absolute Gasteiger partial charge is 0.493 e. The van der Waals surface area contributed by atoms with Gasteiger partial charge in [-0.3, -0.25) is 0 Å². The van der Waals surface area contributed by atoms with Crippen LogP contribution in [0.2, 0.25) is 0 Å². The summed E-state index contributed by atoms with van der Waals surface area (Å²) in [5, 5.41) is 4.18. The molecule has 2 rings (SSSR count). The maximum absolute atomic E-state index is 5.82. The summed E-state index contributed by atoms with van der Waals surface area (Å²) in [5.74, 6) is 2.27. The summed E-state index contributed by atoms with van der Waals surface area (Å²) in [7, 11) is 2.06. The number of hydrogen-bond acceptors (Lipinski definition) is 3. The fourth-order valence-electron chi connectivity index (χ4n) is 2.41. The third kappa shape index (κ3) is 4.15. The summed E-state index contributed by atoms with van der Waals surface area (Å²) in [6.45, 7) is 5.38. The van der Waals surface area contributed by atoms with Gasteiger partial charge in [-0.05, 0) is 43.1 Å². The second kappa shape index (κ2) is 7.71. The van der Waals surface area contributed by atoms with Crippen molar-refractivity contribution < 1.29 is 4.74 Å². The Kier molecular flexibility index (Phi) is 6.24. The molecule has 2 nitrogen and oxygen atoms in total. The van der Waals surface area contributed by atoms with E-state index < -0.39 is 0 Å². The van der Waals surface area contributed by atoms with Crippen molar-refractivity contribution in [2.45, 2.75) is 44.4 Å². The minimum atomic E-state index is 0.497. The van der Waals surface area contributed by atoms with Crippen LogP contribution in [0.25, 0.3) is 0 Å². The first kappa shape index (κ1) is 16.2. The summed E-state index contributed by atoms with van der Waals surface area (Å²) in [6.07, 6.45) is 3.30. The molecule has 1 aromatic rings. The molecule has 1 aliphatic heterocycles. The maximum Gasteiger partial charge on any atom is 0.125 e. The monoisotopic (exact) mass is 357 g/mol. The van der Waals surface area contributed by atoms with E-state index in [4.69, 9.17) is 4.74 Å². The molecule has 0 aliphatic carbocycles. The van der Waals surface area contributed by atoms with Gasteiger partial charge in [-0.15, -0.1) is 0 Å². The molecule has 112 valence electrons. The third-order valence-corrected chi connectivity index (χ3v) is 5.81. The zero-order valence-electron chi connectivity index (χ0n) is 12.5. The highest BCUT2D eigenvalue weighted by molar-refractivity contribution is 9.10. The van der Waals surface area contributed by atoms with Crippen LogP contribution in [0.3, 0.4) is 0 Å². The summed E-state index contributed by atoms with van der Waals surface area (Å²) in [5.41, 5.74) is 2.68. The van der Waals surface area contributed by atoms with Gasteiger partial charge in [0.05, 0.1) is 6.61 Å². The smallest absolute Gasteiger partial charge is 0.125 e. The molecule has 0 bridgehead atoms. The van der Waals surface area contributed by atoms with Gasteiger partial charge in [-0.1, -0.05) is 29.8 Å². The summed E-state index contributed by atoms with van der Waals surface area (Å²) in [4.78, 5) is 0. The molecular weight excluding hydrogens is 334 g/mol. The molecule has 1 aromatic carbocycles. The van der Waals surface area contributed by atoms with Gasteiger partial charge in [0.15, 0.2) is 0 Å². The number of halogens is 1. The third-order valence-electron chi connectivity index (χ3n) is 3.86. The molecule has 2 atom stereocenters. The Morgan fingerprint density at radius 2 is 2.25 bits per heavy atom. The molecule has 0 amide bonds. The van der Waals surface area contributed by atoms with Crippen molar-refractivity contribution >= 4 is 27.7 Å². The lowest BCUT2D eigenvalue weighted by Gasteiger charge is -2.19. The standard InChI is InChI=1S/C16H24BrNOS/c1-4-11(2)20-10-15(18-3)9-13-8-14(17)7-12-5-6-19-16(12)13/h7-8,11,15,18H,4-6,9-10H2,1-3H3. The Morgan fingerprint density at radius 3 is 2.95 bits per heavy atom. The van der Waals surface area contributed by atoms with Crippen LogP contribution >= 0.6 is 27.7 Å². The topological polar surface area (TPSA) is 21.3 Å². The van der Waals surface area contributed by atoms with E-state index in [1.54, 1.807) is 0 Å². The zero-order valence-corrected chi connectivity index (χ0v) is 14.9. The van der Waals surface area contributed by atoms with E-state index >= 15 is 0 Å². The van der Waals surface area contributed by atoms with Crippen LogP contribution in [-0.4, -0.2) is 30.7 Å². The fraction of sp³-hybridized carbons (Fsp3) is 0.625. The number of ether oxygens (including phenoxy) is 1. The van der Waals surface area contributed by atoms with E-state index in [9.17, 15) is 0 Å². The summed E-state index contributed by atoms with van der Waals surface area (Å²) < 4.78 is 6.99. The van der Waals surface area contributed by atoms with Gasteiger partial charge >= 0.3 is 0 Å². The van der Waals surface area contributed by atoms with Gasteiger partial charge in [-0.25, -0.2) is 0 Å². The molecular formula is C16H24BrNOS. The predicted molar refractivity (Wildman–Crippen MR) is 92.1 cm³/mol. The van der Waals surface area contributed by atoms with Crippen molar-refractivity contribution in [3.63, 3.8) is 0 Å². The van der Waals surface area contributed by atoms with Crippen LogP contribution in [0.15, 0.2) is 16.6 Å². The molecule has 1 N–H and O–H groups in total. The van der Waals surface area contributed by atoms with Gasteiger partial charge in [0.2, 0.25) is 0 Å². The quantitative estimate of drug-likeness (QED) is 0.795. The van der Waals surface area contributed by atoms with E-state index in [-0.39, 0.29) is 0 Å². The van der Waals surface area contributed by atoms with Crippen molar-refractivity contribution in [1.82, 2.24) is 5.32 Å². The predicted octanol–water partition coefficient (Wildman–Crippen LogP) is 4.05. The van der Waals surface area contributed by atoms with E-state index in [1.165, 1.54) is 22.0 Å². The number of fused-ring (bicyclic) bond motifs is 1. The van der Waals surface area contributed by atoms with Gasteiger partial charge < -0.3 is 10.1 Å². The van der Waals surface area contributed by atoms with E-state index in [0.29, 0.717) is 6.04 Å². The first-order valence-corrected chi connectivity index (χ1v) is 9.21. The zero-order chi connectivity index (χ0) is 14.5. The number of thioether (sulfide) groups is 1. The lowest BCUT2D eigenvalue weighted by molar-refractivity contribution is 0.352. The Hall–Kier alpha value is -0.190. The van der Waals surface area contributed by atoms with E-state index in [2.05, 4.69) is 66.0 Å². The maximum atomic E-state index is 5.82. The highest BCUT2D eigenvalue weighted by Crippen LogP contribution is 2.34. The highest BCUT2D eigenvalue weighted by Gasteiger charge is 2.20. The Bertz CT molecular complexity index is 452. The SMILES string of the molecule is CCC(C)SCC(Cc1cc(Br)cc2c1OCC2)NC.